The third-order valence-electron chi connectivity index (χ3n) is 4.11. The maximum Gasteiger partial charge on any atom is 0.573 e. The predicted octanol–water partition coefficient (Wildman–Crippen LogP) is 2.10. The van der Waals surface area contributed by atoms with Gasteiger partial charge in [0.1, 0.15) is 11.5 Å². The number of hydrogen-bond donors (Lipinski definition) is 3. The molecule has 0 unspecified atom stereocenters. The van der Waals surface area contributed by atoms with Crippen molar-refractivity contribution in [2.45, 2.75) is 31.5 Å². The van der Waals surface area contributed by atoms with E-state index in [1.54, 1.807) is 0 Å². The summed E-state index contributed by atoms with van der Waals surface area (Å²) in [6, 6.07) is 9.07. The number of halogens is 3. The summed E-state index contributed by atoms with van der Waals surface area (Å²) < 4.78 is 72.0. The summed E-state index contributed by atoms with van der Waals surface area (Å²) >= 11 is 0. The molecule has 0 aliphatic rings. The minimum absolute atomic E-state index is 0.311. The monoisotopic (exact) mass is 489 g/mol. The van der Waals surface area contributed by atoms with E-state index in [0.29, 0.717) is 5.75 Å². The number of aryl methyl sites for hydroxylation is 2. The molecule has 33 heavy (non-hydrogen) atoms. The molecule has 13 heteroatoms. The molecule has 0 aliphatic carbocycles. The van der Waals surface area contributed by atoms with Gasteiger partial charge in [0.05, 0.1) is 4.90 Å². The number of ether oxygens (including phenoxy) is 2. The lowest BCUT2D eigenvalue weighted by Gasteiger charge is -2.12. The van der Waals surface area contributed by atoms with E-state index in [4.69, 9.17) is 4.74 Å². The minimum atomic E-state index is -4.90. The highest BCUT2D eigenvalue weighted by atomic mass is 32.2. The molecule has 0 heterocycles. The Morgan fingerprint density at radius 1 is 0.939 bits per heavy atom. The standard InChI is InChI=1S/C20H22F3N3O6S/c1-13-4-3-5-14(2)19(13)31-12-18(28)26-25-17(27)10-11-24-33(29,30)16-8-6-15(7-9-16)32-20(21,22)23/h3-9,24H,10-12H2,1-2H3,(H,25,27)(H,26,28). The number of carbonyl (C=O) groups is 2. The zero-order valence-corrected chi connectivity index (χ0v) is 18.5. The molecular weight excluding hydrogens is 467 g/mol. The molecule has 0 fully saturated rings. The van der Waals surface area contributed by atoms with E-state index in [1.165, 1.54) is 0 Å². The number of amides is 2. The molecule has 0 saturated carbocycles. The normalized spacial score (nSPS) is 11.5. The van der Waals surface area contributed by atoms with Crippen LogP contribution in [0.4, 0.5) is 13.2 Å². The minimum Gasteiger partial charge on any atom is -0.483 e. The van der Waals surface area contributed by atoms with E-state index in [-0.39, 0.29) is 24.5 Å². The summed E-state index contributed by atoms with van der Waals surface area (Å²) in [4.78, 5) is 23.3. The molecule has 2 amide bonds. The second kappa shape index (κ2) is 11.0. The first-order valence-electron chi connectivity index (χ1n) is 9.49. The van der Waals surface area contributed by atoms with E-state index in [2.05, 4.69) is 20.3 Å². The number of hydrogen-bond acceptors (Lipinski definition) is 6. The molecule has 0 bridgehead atoms. The number of alkyl halides is 3. The highest BCUT2D eigenvalue weighted by molar-refractivity contribution is 7.89. The molecule has 0 radical (unpaired) electrons. The lowest BCUT2D eigenvalue weighted by atomic mass is 10.1. The number of benzene rings is 2. The van der Waals surface area contributed by atoms with Crippen LogP contribution in [0.1, 0.15) is 17.5 Å². The van der Waals surface area contributed by atoms with Crippen LogP contribution in [0.15, 0.2) is 47.4 Å². The van der Waals surface area contributed by atoms with Crippen molar-refractivity contribution in [3.8, 4) is 11.5 Å². The van der Waals surface area contributed by atoms with Crippen molar-refractivity contribution in [3.63, 3.8) is 0 Å². The van der Waals surface area contributed by atoms with Crippen molar-refractivity contribution in [2.24, 2.45) is 0 Å². The Morgan fingerprint density at radius 2 is 1.52 bits per heavy atom. The second-order valence-corrected chi connectivity index (χ2v) is 8.54. The topological polar surface area (TPSA) is 123 Å². The Bertz CT molecular complexity index is 1070. The molecule has 180 valence electrons. The van der Waals surface area contributed by atoms with Crippen LogP contribution < -0.4 is 25.0 Å². The predicted molar refractivity (Wildman–Crippen MR) is 111 cm³/mol. The molecule has 9 nitrogen and oxygen atoms in total. The van der Waals surface area contributed by atoms with Crippen LogP contribution in [0.5, 0.6) is 11.5 Å². The van der Waals surface area contributed by atoms with Crippen LogP contribution >= 0.6 is 0 Å². The Hall–Kier alpha value is -3.32. The molecule has 2 aromatic rings. The first kappa shape index (κ1) is 25.9. The van der Waals surface area contributed by atoms with Crippen LogP contribution in [0.3, 0.4) is 0 Å². The number of para-hydroxylation sites is 1. The molecule has 0 aromatic heterocycles. The fourth-order valence-corrected chi connectivity index (χ4v) is 3.64. The van der Waals surface area contributed by atoms with Crippen molar-refractivity contribution in [2.75, 3.05) is 13.2 Å². The van der Waals surface area contributed by atoms with Gasteiger partial charge in [-0.1, -0.05) is 18.2 Å². The fourth-order valence-electron chi connectivity index (χ4n) is 2.61. The fraction of sp³-hybridized carbons (Fsp3) is 0.300. The third-order valence-corrected chi connectivity index (χ3v) is 5.59. The third kappa shape index (κ3) is 8.61. The first-order chi connectivity index (χ1) is 15.4. The van der Waals surface area contributed by atoms with Gasteiger partial charge in [0.2, 0.25) is 15.9 Å². The number of rotatable bonds is 9. The first-order valence-corrected chi connectivity index (χ1v) is 11.0. The maximum atomic E-state index is 12.2. The second-order valence-electron chi connectivity index (χ2n) is 6.77. The molecule has 0 spiro atoms. The summed E-state index contributed by atoms with van der Waals surface area (Å²) in [6.07, 6.45) is -5.21. The van der Waals surface area contributed by atoms with Gasteiger partial charge in [-0.3, -0.25) is 20.4 Å². The Balaban J connectivity index is 1.74. The van der Waals surface area contributed by atoms with Gasteiger partial charge in [0, 0.05) is 13.0 Å². The lowest BCUT2D eigenvalue weighted by Crippen LogP contribution is -2.44. The van der Waals surface area contributed by atoms with Gasteiger partial charge in [-0.05, 0) is 49.2 Å². The van der Waals surface area contributed by atoms with Crippen molar-refractivity contribution < 1.29 is 40.7 Å². The van der Waals surface area contributed by atoms with Gasteiger partial charge in [-0.2, -0.15) is 0 Å². The Kier molecular flexibility index (Phi) is 8.65. The average Bonchev–Trinajstić information content (AvgIpc) is 2.71. The molecule has 3 N–H and O–H groups in total. The number of sulfonamides is 1. The van der Waals surface area contributed by atoms with E-state index in [0.717, 1.165) is 35.4 Å². The molecular formula is C20H22F3N3O6S. The van der Waals surface area contributed by atoms with Gasteiger partial charge in [0.15, 0.2) is 6.61 Å². The SMILES string of the molecule is Cc1cccc(C)c1OCC(=O)NNC(=O)CCNS(=O)(=O)c1ccc(OC(F)(F)F)cc1. The van der Waals surface area contributed by atoms with Crippen LogP contribution in [-0.4, -0.2) is 39.7 Å². The molecule has 2 rings (SSSR count). The molecule has 0 saturated heterocycles. The van der Waals surface area contributed by atoms with Gasteiger partial charge < -0.3 is 9.47 Å². The van der Waals surface area contributed by atoms with Gasteiger partial charge in [-0.25, -0.2) is 13.1 Å². The van der Waals surface area contributed by atoms with Gasteiger partial charge in [-0.15, -0.1) is 13.2 Å². The molecule has 0 aliphatic heterocycles. The summed E-state index contributed by atoms with van der Waals surface area (Å²) in [5.74, 6) is -1.30. The van der Waals surface area contributed by atoms with Gasteiger partial charge in [0.25, 0.3) is 5.91 Å². The van der Waals surface area contributed by atoms with E-state index in [9.17, 15) is 31.2 Å². The zero-order chi connectivity index (χ0) is 24.6. The van der Waals surface area contributed by atoms with Crippen molar-refractivity contribution in [1.29, 1.82) is 0 Å². The summed E-state index contributed by atoms with van der Waals surface area (Å²) in [7, 11) is -4.07. The van der Waals surface area contributed by atoms with Crippen molar-refractivity contribution in [1.82, 2.24) is 15.6 Å². The number of carbonyl (C=O) groups excluding carboxylic acids is 2. The Labute approximate surface area is 188 Å². The smallest absolute Gasteiger partial charge is 0.483 e. The molecule has 0 atom stereocenters. The van der Waals surface area contributed by atoms with Crippen molar-refractivity contribution in [3.05, 3.63) is 53.6 Å². The van der Waals surface area contributed by atoms with Crippen LogP contribution in [0.25, 0.3) is 0 Å². The maximum absolute atomic E-state index is 12.2. The average molecular weight is 489 g/mol. The summed E-state index contributed by atoms with van der Waals surface area (Å²) in [5.41, 5.74) is 5.97. The zero-order valence-electron chi connectivity index (χ0n) is 17.7. The van der Waals surface area contributed by atoms with E-state index < -0.39 is 33.9 Å². The Morgan fingerprint density at radius 3 is 2.09 bits per heavy atom. The molecule has 2 aromatic carbocycles. The van der Waals surface area contributed by atoms with Crippen LogP contribution in [0, 0.1) is 13.8 Å². The van der Waals surface area contributed by atoms with Crippen LogP contribution in [0.2, 0.25) is 0 Å². The van der Waals surface area contributed by atoms with Gasteiger partial charge >= 0.3 is 6.36 Å². The largest absolute Gasteiger partial charge is 0.573 e. The van der Waals surface area contributed by atoms with Crippen LogP contribution in [-0.2, 0) is 19.6 Å². The quantitative estimate of drug-likeness (QED) is 0.464. The summed E-state index contributed by atoms with van der Waals surface area (Å²) in [5, 5.41) is 0. The van der Waals surface area contributed by atoms with E-state index in [1.807, 2.05) is 32.0 Å². The number of hydrazine groups is 1. The summed E-state index contributed by atoms with van der Waals surface area (Å²) in [6.45, 7) is 3.00. The highest BCUT2D eigenvalue weighted by Crippen LogP contribution is 2.24. The van der Waals surface area contributed by atoms with E-state index >= 15 is 0 Å². The highest BCUT2D eigenvalue weighted by Gasteiger charge is 2.31. The lowest BCUT2D eigenvalue weighted by molar-refractivity contribution is -0.274. The number of nitrogens with one attached hydrogen (secondary N) is 3. The van der Waals surface area contributed by atoms with Crippen molar-refractivity contribution >= 4 is 21.8 Å².